The van der Waals surface area contributed by atoms with Crippen molar-refractivity contribution in [3.63, 3.8) is 0 Å². The molecule has 0 aliphatic heterocycles. The molecule has 0 saturated carbocycles. The minimum Gasteiger partial charge on any atom is -0.611 e. The van der Waals surface area contributed by atoms with Crippen LogP contribution in [0.3, 0.4) is 0 Å². The van der Waals surface area contributed by atoms with Crippen LogP contribution in [0.2, 0.25) is 5.28 Å². The van der Waals surface area contributed by atoms with Gasteiger partial charge >= 0.3 is 14.8 Å². The summed E-state index contributed by atoms with van der Waals surface area (Å²) in [5.41, 5.74) is 7.53. The van der Waals surface area contributed by atoms with Gasteiger partial charge in [0.1, 0.15) is 0 Å². The van der Waals surface area contributed by atoms with Crippen molar-refractivity contribution in [1.29, 1.82) is 0 Å². The second-order valence-corrected chi connectivity index (χ2v) is 13.5. The van der Waals surface area contributed by atoms with Crippen LogP contribution in [0.5, 0.6) is 11.5 Å². The van der Waals surface area contributed by atoms with Crippen LogP contribution < -0.4 is 7.58 Å². The summed E-state index contributed by atoms with van der Waals surface area (Å²) in [4.78, 5) is 0. The highest BCUT2D eigenvalue weighted by atomic mass is 27.2. The molecule has 0 radical (unpaired) electrons. The molecular weight excluding hydrogens is 395 g/mol. The van der Waals surface area contributed by atoms with E-state index in [2.05, 4.69) is 107 Å². The van der Waals surface area contributed by atoms with Gasteiger partial charge in [-0.2, -0.15) is 0 Å². The summed E-state index contributed by atoms with van der Waals surface area (Å²) < 4.78 is 13.7. The van der Waals surface area contributed by atoms with Crippen molar-refractivity contribution < 1.29 is 7.58 Å². The normalized spacial score (nSPS) is 12.3. The molecule has 0 N–H and O–H groups in total. The van der Waals surface area contributed by atoms with Gasteiger partial charge < -0.3 is 7.58 Å². The van der Waals surface area contributed by atoms with Crippen molar-refractivity contribution in [3.8, 4) is 11.5 Å². The summed E-state index contributed by atoms with van der Waals surface area (Å²) in [5.74, 6) is 2.57. The first-order chi connectivity index (χ1) is 14.1. The van der Waals surface area contributed by atoms with E-state index in [-0.39, 0.29) is 10.8 Å². The standard InChI is InChI=1S/2C12H18O.C4H9.Al/c2*1-8-6-9(2)11(13)10(7-8)12(3,4)5;1-4(2)3;/h2*6-7,13H,1-5H3;4H,1H2,2-3H3;/q;;;+2/p-2. The summed E-state index contributed by atoms with van der Waals surface area (Å²) in [6.07, 6.45) is 0. The van der Waals surface area contributed by atoms with E-state index < -0.39 is 14.8 Å². The summed E-state index contributed by atoms with van der Waals surface area (Å²) in [6, 6.07) is 9.01. The zero-order chi connectivity index (χ0) is 23.7. The van der Waals surface area contributed by atoms with Crippen LogP contribution in [0.25, 0.3) is 0 Å². The smallest absolute Gasteiger partial charge is 0.611 e. The van der Waals surface area contributed by atoms with Gasteiger partial charge in [0.15, 0.2) is 0 Å². The third-order valence-electron chi connectivity index (χ3n) is 5.62. The van der Waals surface area contributed by atoms with E-state index in [0.717, 1.165) is 16.8 Å². The van der Waals surface area contributed by atoms with Gasteiger partial charge in [0.25, 0.3) is 0 Å². The summed E-state index contributed by atoms with van der Waals surface area (Å²) >= 11 is -2.03. The van der Waals surface area contributed by atoms with Crippen LogP contribution in [-0.2, 0) is 10.8 Å². The lowest BCUT2D eigenvalue weighted by Gasteiger charge is -2.30. The molecule has 0 heterocycles. The third kappa shape index (κ3) is 6.77. The van der Waals surface area contributed by atoms with Gasteiger partial charge in [0, 0.05) is 0 Å². The van der Waals surface area contributed by atoms with Crippen molar-refractivity contribution in [1.82, 2.24) is 0 Å². The lowest BCUT2D eigenvalue weighted by atomic mass is 9.84. The first kappa shape index (κ1) is 25.8. The van der Waals surface area contributed by atoms with Gasteiger partial charge in [-0.1, -0.05) is 96.7 Å². The molecule has 0 fully saturated rings. The van der Waals surface area contributed by atoms with Crippen LogP contribution >= 0.6 is 0 Å². The maximum absolute atomic E-state index is 6.84. The summed E-state index contributed by atoms with van der Waals surface area (Å²) in [7, 11) is 0. The molecule has 0 saturated heterocycles. The predicted molar refractivity (Wildman–Crippen MR) is 136 cm³/mol. The van der Waals surface area contributed by atoms with E-state index in [4.69, 9.17) is 7.58 Å². The quantitative estimate of drug-likeness (QED) is 0.424. The molecule has 0 aliphatic carbocycles. The molecule has 0 aliphatic rings. The topological polar surface area (TPSA) is 18.5 Å². The number of aryl methyl sites for hydroxylation is 4. The molecule has 2 rings (SSSR count). The zero-order valence-electron chi connectivity index (χ0n) is 22.0. The second kappa shape index (κ2) is 9.60. The minimum atomic E-state index is -2.03. The summed E-state index contributed by atoms with van der Waals surface area (Å²) in [6.45, 7) is 26.7. The molecule has 2 nitrogen and oxygen atoms in total. The largest absolute Gasteiger partial charge is 0.857 e. The highest BCUT2D eigenvalue weighted by Gasteiger charge is 2.37. The first-order valence-corrected chi connectivity index (χ1v) is 13.4. The number of hydrogen-bond donors (Lipinski definition) is 0. The van der Waals surface area contributed by atoms with E-state index in [1.165, 1.54) is 33.4 Å². The molecule has 0 bridgehead atoms. The Balaban J connectivity index is 2.54. The van der Waals surface area contributed by atoms with E-state index in [0.29, 0.717) is 5.92 Å². The van der Waals surface area contributed by atoms with Crippen molar-refractivity contribution in [2.75, 3.05) is 0 Å². The highest BCUT2D eigenvalue weighted by molar-refractivity contribution is 6.46. The lowest BCUT2D eigenvalue weighted by molar-refractivity contribution is 0.390. The zero-order valence-corrected chi connectivity index (χ0v) is 23.1. The van der Waals surface area contributed by atoms with Crippen LogP contribution in [0.15, 0.2) is 24.3 Å². The molecule has 0 atom stereocenters. The van der Waals surface area contributed by atoms with Crippen molar-refractivity contribution in [2.45, 2.75) is 99.2 Å². The molecule has 0 amide bonds. The Kier molecular flexibility index (Phi) is 8.00. The number of benzene rings is 2. The van der Waals surface area contributed by atoms with Gasteiger partial charge in [-0.3, -0.25) is 0 Å². The Morgan fingerprint density at radius 3 is 1.32 bits per heavy atom. The van der Waals surface area contributed by atoms with Gasteiger partial charge in [0.05, 0.1) is 11.5 Å². The Hall–Kier alpha value is -1.43. The lowest BCUT2D eigenvalue weighted by Crippen LogP contribution is -2.34. The van der Waals surface area contributed by atoms with Gasteiger partial charge in [-0.25, -0.2) is 0 Å². The van der Waals surface area contributed by atoms with Crippen LogP contribution in [0.4, 0.5) is 0 Å². The fourth-order valence-corrected chi connectivity index (χ4v) is 6.27. The molecule has 0 aromatic heterocycles. The van der Waals surface area contributed by atoms with Gasteiger partial charge in [-0.05, 0) is 66.1 Å². The monoisotopic (exact) mass is 438 g/mol. The Morgan fingerprint density at radius 2 is 1.03 bits per heavy atom. The third-order valence-corrected chi connectivity index (χ3v) is 7.94. The van der Waals surface area contributed by atoms with E-state index in [1.807, 2.05) is 0 Å². The Labute approximate surface area is 196 Å². The molecule has 3 heteroatoms. The predicted octanol–water partition coefficient (Wildman–Crippen LogP) is 8.12. The Bertz CT molecular complexity index is 843. The minimum absolute atomic E-state index is 0.0131. The van der Waals surface area contributed by atoms with E-state index in [1.54, 1.807) is 0 Å². The maximum Gasteiger partial charge on any atom is 0.857 e. The van der Waals surface area contributed by atoms with Crippen LogP contribution in [-0.4, -0.2) is 14.8 Å². The van der Waals surface area contributed by atoms with E-state index in [9.17, 15) is 0 Å². The molecule has 31 heavy (non-hydrogen) atoms. The molecule has 0 spiro atoms. The number of hydrogen-bond acceptors (Lipinski definition) is 2. The summed E-state index contributed by atoms with van der Waals surface area (Å²) in [5, 5.41) is 0.966. The first-order valence-electron chi connectivity index (χ1n) is 11.7. The van der Waals surface area contributed by atoms with Crippen LogP contribution in [0, 0.1) is 33.6 Å². The molecule has 2 aromatic rings. The molecular formula is C28H43AlO2. The fourth-order valence-electron chi connectivity index (χ4n) is 4.10. The SMILES string of the molecule is Cc1cc(C)c([O][Al]([CH2]C(C)C)[O]c2c(C)cc(C)cc2C(C)(C)C)c(C(C)(C)C)c1. The van der Waals surface area contributed by atoms with Crippen molar-refractivity contribution in [3.05, 3.63) is 57.6 Å². The molecule has 0 unspecified atom stereocenters. The average Bonchev–Trinajstić information content (AvgIpc) is 2.56. The Morgan fingerprint density at radius 1 is 0.677 bits per heavy atom. The van der Waals surface area contributed by atoms with Crippen molar-refractivity contribution >= 4 is 14.8 Å². The van der Waals surface area contributed by atoms with Crippen LogP contribution in [0.1, 0.15) is 88.8 Å². The number of rotatable bonds is 6. The fraction of sp³-hybridized carbons (Fsp3) is 0.571. The maximum atomic E-state index is 6.84. The molecule has 170 valence electrons. The second-order valence-electron chi connectivity index (χ2n) is 11.7. The van der Waals surface area contributed by atoms with Crippen molar-refractivity contribution in [2.24, 2.45) is 5.92 Å². The highest BCUT2D eigenvalue weighted by Crippen LogP contribution is 2.38. The van der Waals surface area contributed by atoms with Gasteiger partial charge in [0.2, 0.25) is 0 Å². The van der Waals surface area contributed by atoms with E-state index >= 15 is 0 Å². The molecule has 2 aromatic carbocycles. The average molecular weight is 439 g/mol. The van der Waals surface area contributed by atoms with Gasteiger partial charge in [-0.15, -0.1) is 0 Å².